The average Bonchev–Trinajstić information content (AvgIpc) is 2.33. The second-order valence-corrected chi connectivity index (χ2v) is 3.97. The lowest BCUT2D eigenvalue weighted by molar-refractivity contribution is 0.624. The Balaban J connectivity index is 2.66. The van der Waals surface area contributed by atoms with Gasteiger partial charge in [-0.25, -0.2) is 8.78 Å². The van der Waals surface area contributed by atoms with Gasteiger partial charge in [0.15, 0.2) is 0 Å². The maximum absolute atomic E-state index is 13.7. The van der Waals surface area contributed by atoms with Crippen LogP contribution in [0.5, 0.6) is 0 Å². The van der Waals surface area contributed by atoms with Crippen LogP contribution in [0.15, 0.2) is 43.0 Å². The van der Waals surface area contributed by atoms with E-state index >= 15 is 0 Å². The number of benzene rings is 2. The van der Waals surface area contributed by atoms with Crippen LogP contribution in [-0.2, 0) is 0 Å². The molecular weight excluding hydrogens is 242 g/mol. The van der Waals surface area contributed by atoms with Gasteiger partial charge in [-0.2, -0.15) is 0 Å². The zero-order valence-corrected chi connectivity index (χ0v) is 9.64. The summed E-state index contributed by atoms with van der Waals surface area (Å²) in [7, 11) is 0. The maximum atomic E-state index is 13.7. The Morgan fingerprint density at radius 3 is 2.47 bits per heavy atom. The van der Waals surface area contributed by atoms with E-state index in [0.29, 0.717) is 10.6 Å². The van der Waals surface area contributed by atoms with Crippen molar-refractivity contribution in [1.29, 1.82) is 0 Å². The normalized spacial score (nSPS) is 10.3. The Bertz CT molecular complexity index is 576. The van der Waals surface area contributed by atoms with Gasteiger partial charge in [-0.05, 0) is 35.9 Å². The number of hydrogen-bond donors (Lipinski definition) is 0. The second kappa shape index (κ2) is 4.68. The summed E-state index contributed by atoms with van der Waals surface area (Å²) >= 11 is 5.94. The largest absolute Gasteiger partial charge is 0.207 e. The molecular formula is C14H9ClF2. The molecule has 0 atom stereocenters. The van der Waals surface area contributed by atoms with Crippen molar-refractivity contribution >= 4 is 17.7 Å². The molecule has 2 aromatic carbocycles. The van der Waals surface area contributed by atoms with E-state index in [1.165, 1.54) is 24.3 Å². The highest BCUT2D eigenvalue weighted by molar-refractivity contribution is 6.33. The first-order valence-electron chi connectivity index (χ1n) is 4.99. The molecule has 0 fully saturated rings. The number of rotatable bonds is 2. The van der Waals surface area contributed by atoms with E-state index in [9.17, 15) is 8.78 Å². The van der Waals surface area contributed by atoms with Crippen LogP contribution in [0.2, 0.25) is 5.02 Å². The third-order valence-corrected chi connectivity index (χ3v) is 2.77. The van der Waals surface area contributed by atoms with Gasteiger partial charge in [0.25, 0.3) is 0 Å². The molecule has 0 saturated carbocycles. The van der Waals surface area contributed by atoms with E-state index in [2.05, 4.69) is 6.58 Å². The van der Waals surface area contributed by atoms with Crippen molar-refractivity contribution in [3.05, 3.63) is 65.2 Å². The summed E-state index contributed by atoms with van der Waals surface area (Å²) in [6.07, 6.45) is 1.59. The van der Waals surface area contributed by atoms with Gasteiger partial charge in [-0.15, -0.1) is 0 Å². The number of hydrogen-bond acceptors (Lipinski definition) is 0. The third-order valence-electron chi connectivity index (χ3n) is 2.44. The molecule has 2 aromatic rings. The van der Waals surface area contributed by atoms with Crippen molar-refractivity contribution in [2.45, 2.75) is 0 Å². The molecule has 0 bridgehead atoms. The minimum absolute atomic E-state index is 0.270. The van der Waals surface area contributed by atoms with E-state index in [0.717, 1.165) is 5.56 Å². The molecule has 0 aromatic heterocycles. The molecule has 17 heavy (non-hydrogen) atoms. The fraction of sp³-hybridized carbons (Fsp3) is 0. The summed E-state index contributed by atoms with van der Waals surface area (Å²) in [6.45, 7) is 3.61. The van der Waals surface area contributed by atoms with Gasteiger partial charge in [0.2, 0.25) is 0 Å². The van der Waals surface area contributed by atoms with Crippen molar-refractivity contribution in [2.75, 3.05) is 0 Å². The smallest absolute Gasteiger partial charge is 0.131 e. The van der Waals surface area contributed by atoms with Gasteiger partial charge in [-0.3, -0.25) is 0 Å². The summed E-state index contributed by atoms with van der Waals surface area (Å²) in [6, 6.07) is 8.36. The molecule has 2 rings (SSSR count). The highest BCUT2D eigenvalue weighted by atomic mass is 35.5. The lowest BCUT2D eigenvalue weighted by Crippen LogP contribution is -1.88. The van der Waals surface area contributed by atoms with E-state index in [1.807, 2.05) is 0 Å². The lowest BCUT2D eigenvalue weighted by atomic mass is 10.0. The second-order valence-electron chi connectivity index (χ2n) is 3.57. The molecule has 0 aliphatic carbocycles. The minimum atomic E-state index is -0.451. The van der Waals surface area contributed by atoms with Crippen molar-refractivity contribution < 1.29 is 8.78 Å². The van der Waals surface area contributed by atoms with Crippen LogP contribution < -0.4 is 0 Å². The van der Waals surface area contributed by atoms with Crippen molar-refractivity contribution in [2.24, 2.45) is 0 Å². The van der Waals surface area contributed by atoms with Gasteiger partial charge in [0.05, 0.1) is 0 Å². The average molecular weight is 251 g/mol. The summed E-state index contributed by atoms with van der Waals surface area (Å²) in [5.74, 6) is -0.893. The first-order chi connectivity index (χ1) is 8.11. The predicted octanol–water partition coefficient (Wildman–Crippen LogP) is 4.93. The Hall–Kier alpha value is -1.67. The standard InChI is InChI=1S/C14H9ClF2/c1-2-9-3-6-14(17)12(7-9)11-8-10(16)4-5-13(11)15/h2-8H,1H2. The van der Waals surface area contributed by atoms with Crippen LogP contribution in [0.3, 0.4) is 0 Å². The van der Waals surface area contributed by atoms with Crippen LogP contribution in [0.1, 0.15) is 5.56 Å². The molecule has 0 aliphatic rings. The summed E-state index contributed by atoms with van der Waals surface area (Å²) in [5, 5.41) is 0.312. The highest BCUT2D eigenvalue weighted by Gasteiger charge is 2.10. The first kappa shape index (κ1) is 11.8. The summed E-state index contributed by atoms with van der Waals surface area (Å²) < 4.78 is 26.8. The Labute approximate surface area is 103 Å². The van der Waals surface area contributed by atoms with Gasteiger partial charge in [0.1, 0.15) is 11.6 Å². The SMILES string of the molecule is C=Cc1ccc(F)c(-c2cc(F)ccc2Cl)c1. The molecule has 86 valence electrons. The van der Waals surface area contributed by atoms with Crippen molar-refractivity contribution in [3.8, 4) is 11.1 Å². The summed E-state index contributed by atoms with van der Waals surface area (Å²) in [4.78, 5) is 0. The molecule has 3 heteroatoms. The predicted molar refractivity (Wildman–Crippen MR) is 66.9 cm³/mol. The molecule has 0 saturated heterocycles. The van der Waals surface area contributed by atoms with Gasteiger partial charge >= 0.3 is 0 Å². The quantitative estimate of drug-likeness (QED) is 0.709. The van der Waals surface area contributed by atoms with Gasteiger partial charge in [-0.1, -0.05) is 30.3 Å². The van der Waals surface area contributed by atoms with Crippen molar-refractivity contribution in [3.63, 3.8) is 0 Å². The van der Waals surface area contributed by atoms with E-state index in [4.69, 9.17) is 11.6 Å². The zero-order chi connectivity index (χ0) is 12.4. The first-order valence-corrected chi connectivity index (χ1v) is 5.37. The fourth-order valence-electron chi connectivity index (χ4n) is 1.58. The van der Waals surface area contributed by atoms with E-state index in [-0.39, 0.29) is 5.56 Å². The number of halogens is 3. The Kier molecular flexibility index (Phi) is 3.25. The van der Waals surface area contributed by atoms with Gasteiger partial charge in [0, 0.05) is 16.1 Å². The lowest BCUT2D eigenvalue weighted by Gasteiger charge is -2.07. The van der Waals surface area contributed by atoms with Crippen LogP contribution in [0.25, 0.3) is 17.2 Å². The Morgan fingerprint density at radius 2 is 1.76 bits per heavy atom. The van der Waals surface area contributed by atoms with Gasteiger partial charge < -0.3 is 0 Å². The third kappa shape index (κ3) is 2.37. The van der Waals surface area contributed by atoms with Crippen molar-refractivity contribution in [1.82, 2.24) is 0 Å². The van der Waals surface area contributed by atoms with E-state index < -0.39 is 11.6 Å². The van der Waals surface area contributed by atoms with Crippen LogP contribution >= 0.6 is 11.6 Å². The zero-order valence-electron chi connectivity index (χ0n) is 8.88. The van der Waals surface area contributed by atoms with Crippen LogP contribution in [0, 0.1) is 11.6 Å². The Morgan fingerprint density at radius 1 is 1.00 bits per heavy atom. The van der Waals surface area contributed by atoms with Crippen LogP contribution in [-0.4, -0.2) is 0 Å². The fourth-order valence-corrected chi connectivity index (χ4v) is 1.80. The van der Waals surface area contributed by atoms with E-state index in [1.54, 1.807) is 18.2 Å². The molecule has 0 amide bonds. The monoisotopic (exact) mass is 250 g/mol. The maximum Gasteiger partial charge on any atom is 0.131 e. The molecule has 0 unspecified atom stereocenters. The molecule has 0 nitrogen and oxygen atoms in total. The molecule has 0 spiro atoms. The molecule has 0 N–H and O–H groups in total. The molecule has 0 radical (unpaired) electrons. The molecule has 0 aliphatic heterocycles. The van der Waals surface area contributed by atoms with Crippen LogP contribution in [0.4, 0.5) is 8.78 Å². The topological polar surface area (TPSA) is 0 Å². The molecule has 0 heterocycles. The minimum Gasteiger partial charge on any atom is -0.207 e. The highest BCUT2D eigenvalue weighted by Crippen LogP contribution is 2.31. The summed E-state index contributed by atoms with van der Waals surface area (Å²) in [5.41, 5.74) is 1.36.